The van der Waals surface area contributed by atoms with Crippen LogP contribution in [0, 0.1) is 0 Å². The number of nitrogens with zero attached hydrogens (tertiary/aromatic N) is 2. The molecule has 1 aromatic rings. The van der Waals surface area contributed by atoms with Crippen LogP contribution in [-0.2, 0) is 6.42 Å². The molecular formula is C12H20ClN5. The summed E-state index contributed by atoms with van der Waals surface area (Å²) < 4.78 is 0. The number of nitrogens with two attached hydrogens (primary N) is 3. The van der Waals surface area contributed by atoms with Gasteiger partial charge in [-0.3, -0.25) is 0 Å². The predicted octanol–water partition coefficient (Wildman–Crippen LogP) is 1.67. The van der Waals surface area contributed by atoms with Crippen LogP contribution in [-0.4, -0.2) is 11.9 Å². The van der Waals surface area contributed by atoms with Crippen molar-refractivity contribution in [1.82, 2.24) is 0 Å². The van der Waals surface area contributed by atoms with Crippen molar-refractivity contribution in [3.63, 3.8) is 0 Å². The lowest BCUT2D eigenvalue weighted by Crippen LogP contribution is -2.26. The number of aryl methyl sites for hydroxylation is 1. The van der Waals surface area contributed by atoms with E-state index < -0.39 is 0 Å². The largest absolute Gasteiger partial charge is 0.370 e. The summed E-state index contributed by atoms with van der Waals surface area (Å²) in [5.74, 6) is -0.0304. The van der Waals surface area contributed by atoms with Gasteiger partial charge in [-0.15, -0.1) is 12.4 Å². The summed E-state index contributed by atoms with van der Waals surface area (Å²) in [7, 11) is 0. The SMILES string of the molecule is CCCCc1ccc(N=C(N)N=C(N)N)cc1.Cl. The van der Waals surface area contributed by atoms with Gasteiger partial charge in [0.25, 0.3) is 0 Å². The average Bonchev–Trinajstić information content (AvgIpc) is 2.27. The second kappa shape index (κ2) is 8.36. The minimum atomic E-state index is -0.0918. The molecule has 0 heterocycles. The molecule has 1 aromatic carbocycles. The predicted molar refractivity (Wildman–Crippen MR) is 79.4 cm³/mol. The van der Waals surface area contributed by atoms with E-state index in [2.05, 4.69) is 16.9 Å². The van der Waals surface area contributed by atoms with Crippen molar-refractivity contribution in [2.24, 2.45) is 27.2 Å². The van der Waals surface area contributed by atoms with E-state index in [1.165, 1.54) is 18.4 Å². The first-order chi connectivity index (χ1) is 8.11. The molecule has 0 aliphatic rings. The molecule has 6 N–H and O–H groups in total. The number of hydrogen-bond donors (Lipinski definition) is 3. The highest BCUT2D eigenvalue weighted by Gasteiger charge is 1.95. The van der Waals surface area contributed by atoms with E-state index in [4.69, 9.17) is 17.2 Å². The summed E-state index contributed by atoms with van der Waals surface area (Å²) in [6.45, 7) is 2.18. The maximum Gasteiger partial charge on any atom is 0.223 e. The molecule has 0 amide bonds. The van der Waals surface area contributed by atoms with E-state index in [1.54, 1.807) is 0 Å². The van der Waals surface area contributed by atoms with Crippen molar-refractivity contribution in [1.29, 1.82) is 0 Å². The molecule has 5 nitrogen and oxygen atoms in total. The standard InChI is InChI=1S/C12H19N5.ClH/c1-2-3-4-9-5-7-10(8-6-9)16-12(15)17-11(13)14;/h5-8H,2-4H2,1H3,(H6,13,14,15,16,17);1H. The molecule has 1 rings (SSSR count). The number of unbranched alkanes of at least 4 members (excludes halogenated alkanes) is 1. The third-order valence-electron chi connectivity index (χ3n) is 2.24. The third-order valence-corrected chi connectivity index (χ3v) is 2.24. The molecule has 6 heteroatoms. The number of halogens is 1. The van der Waals surface area contributed by atoms with Crippen LogP contribution in [0.4, 0.5) is 5.69 Å². The molecule has 0 radical (unpaired) electrons. The first-order valence-electron chi connectivity index (χ1n) is 5.64. The van der Waals surface area contributed by atoms with Crippen LogP contribution in [0.2, 0.25) is 0 Å². The summed E-state index contributed by atoms with van der Waals surface area (Å²) in [6.07, 6.45) is 3.47. The highest BCUT2D eigenvalue weighted by molar-refractivity contribution is 5.93. The summed E-state index contributed by atoms with van der Waals surface area (Å²) in [6, 6.07) is 7.88. The quantitative estimate of drug-likeness (QED) is 0.572. The molecule has 0 saturated carbocycles. The zero-order valence-corrected chi connectivity index (χ0v) is 11.3. The van der Waals surface area contributed by atoms with Crippen LogP contribution < -0.4 is 17.2 Å². The Kier molecular flexibility index (Phi) is 7.54. The average molecular weight is 270 g/mol. The van der Waals surface area contributed by atoms with Crippen LogP contribution in [0.5, 0.6) is 0 Å². The van der Waals surface area contributed by atoms with Crippen LogP contribution in [0.25, 0.3) is 0 Å². The lowest BCUT2D eigenvalue weighted by atomic mass is 10.1. The fraction of sp³-hybridized carbons (Fsp3) is 0.333. The zero-order valence-electron chi connectivity index (χ0n) is 10.5. The van der Waals surface area contributed by atoms with Crippen molar-refractivity contribution in [3.8, 4) is 0 Å². The molecule has 0 bridgehead atoms. The number of aliphatic imine (C=N–C) groups is 2. The molecular weight excluding hydrogens is 250 g/mol. The van der Waals surface area contributed by atoms with Gasteiger partial charge in [-0.25, -0.2) is 4.99 Å². The number of hydrogen-bond acceptors (Lipinski definition) is 1. The van der Waals surface area contributed by atoms with E-state index >= 15 is 0 Å². The van der Waals surface area contributed by atoms with Gasteiger partial charge in [-0.2, -0.15) is 4.99 Å². The van der Waals surface area contributed by atoms with Gasteiger partial charge in [0.05, 0.1) is 5.69 Å². The minimum Gasteiger partial charge on any atom is -0.370 e. The molecule has 0 spiro atoms. The van der Waals surface area contributed by atoms with Crippen molar-refractivity contribution < 1.29 is 0 Å². The van der Waals surface area contributed by atoms with Gasteiger partial charge < -0.3 is 17.2 Å². The molecule has 0 aliphatic heterocycles. The molecule has 0 aliphatic carbocycles. The topological polar surface area (TPSA) is 103 Å². The summed E-state index contributed by atoms with van der Waals surface area (Å²) in [4.78, 5) is 7.71. The number of rotatable bonds is 4. The van der Waals surface area contributed by atoms with Gasteiger partial charge in [0, 0.05) is 0 Å². The maximum atomic E-state index is 5.53. The van der Waals surface area contributed by atoms with Crippen molar-refractivity contribution >= 4 is 30.0 Å². The first-order valence-corrected chi connectivity index (χ1v) is 5.64. The molecule has 100 valence electrons. The van der Waals surface area contributed by atoms with Crippen LogP contribution >= 0.6 is 12.4 Å². The highest BCUT2D eigenvalue weighted by Crippen LogP contribution is 2.14. The zero-order chi connectivity index (χ0) is 12.7. The molecule has 0 unspecified atom stereocenters. The van der Waals surface area contributed by atoms with E-state index in [0.29, 0.717) is 0 Å². The molecule has 0 aromatic heterocycles. The summed E-state index contributed by atoms with van der Waals surface area (Å²) in [5, 5.41) is 0. The first kappa shape index (κ1) is 16.2. The fourth-order valence-electron chi connectivity index (χ4n) is 1.41. The number of benzene rings is 1. The number of guanidine groups is 2. The van der Waals surface area contributed by atoms with Crippen LogP contribution in [0.1, 0.15) is 25.3 Å². The third kappa shape index (κ3) is 6.10. The second-order valence-electron chi connectivity index (χ2n) is 3.78. The van der Waals surface area contributed by atoms with E-state index in [1.807, 2.05) is 24.3 Å². The Hall–Kier alpha value is -1.75. The van der Waals surface area contributed by atoms with Gasteiger partial charge in [-0.1, -0.05) is 25.5 Å². The Morgan fingerprint density at radius 1 is 1.11 bits per heavy atom. The Morgan fingerprint density at radius 3 is 2.22 bits per heavy atom. The van der Waals surface area contributed by atoms with Crippen molar-refractivity contribution in [3.05, 3.63) is 29.8 Å². The Bertz CT molecular complexity index is 407. The molecule has 0 atom stereocenters. The van der Waals surface area contributed by atoms with E-state index in [9.17, 15) is 0 Å². The molecule has 18 heavy (non-hydrogen) atoms. The Balaban J connectivity index is 0.00000289. The molecule has 0 saturated heterocycles. The highest BCUT2D eigenvalue weighted by atomic mass is 35.5. The monoisotopic (exact) mass is 269 g/mol. The summed E-state index contributed by atoms with van der Waals surface area (Å²) in [5.41, 5.74) is 18.0. The fourth-order valence-corrected chi connectivity index (χ4v) is 1.41. The maximum absolute atomic E-state index is 5.53. The van der Waals surface area contributed by atoms with Crippen LogP contribution in [0.15, 0.2) is 34.3 Å². The van der Waals surface area contributed by atoms with E-state index in [0.717, 1.165) is 12.1 Å². The smallest absolute Gasteiger partial charge is 0.223 e. The van der Waals surface area contributed by atoms with Crippen LogP contribution in [0.3, 0.4) is 0 Å². The van der Waals surface area contributed by atoms with E-state index in [-0.39, 0.29) is 24.3 Å². The van der Waals surface area contributed by atoms with Gasteiger partial charge in [0.2, 0.25) is 5.96 Å². The Morgan fingerprint density at radius 2 is 1.72 bits per heavy atom. The second-order valence-corrected chi connectivity index (χ2v) is 3.78. The normalized spacial score (nSPS) is 10.6. The minimum absolute atomic E-state index is 0. The van der Waals surface area contributed by atoms with Crippen molar-refractivity contribution in [2.75, 3.05) is 0 Å². The summed E-state index contributed by atoms with van der Waals surface area (Å²) >= 11 is 0. The lowest BCUT2D eigenvalue weighted by molar-refractivity contribution is 0.795. The lowest BCUT2D eigenvalue weighted by Gasteiger charge is -2.00. The molecule has 0 fully saturated rings. The van der Waals surface area contributed by atoms with Gasteiger partial charge in [0.1, 0.15) is 0 Å². The van der Waals surface area contributed by atoms with Gasteiger partial charge >= 0.3 is 0 Å². The Labute approximate surface area is 114 Å². The van der Waals surface area contributed by atoms with Crippen molar-refractivity contribution in [2.45, 2.75) is 26.2 Å². The van der Waals surface area contributed by atoms with Gasteiger partial charge in [0.15, 0.2) is 5.96 Å². The van der Waals surface area contributed by atoms with Gasteiger partial charge in [-0.05, 0) is 30.5 Å².